The van der Waals surface area contributed by atoms with Gasteiger partial charge in [0, 0.05) is 13.6 Å². The van der Waals surface area contributed by atoms with Crippen LogP contribution >= 0.6 is 0 Å². The van der Waals surface area contributed by atoms with Gasteiger partial charge in [-0.1, -0.05) is 12.1 Å². The van der Waals surface area contributed by atoms with Crippen molar-refractivity contribution in [3.8, 4) is 0 Å². The van der Waals surface area contributed by atoms with E-state index < -0.39 is 24.7 Å². The molecule has 0 aromatic heterocycles. The molecule has 1 aromatic rings. The lowest BCUT2D eigenvalue weighted by Crippen LogP contribution is -2.30. The molecule has 0 radical (unpaired) electrons. The van der Waals surface area contributed by atoms with Gasteiger partial charge in [-0.3, -0.25) is 0 Å². The molecule has 0 saturated heterocycles. The van der Waals surface area contributed by atoms with Gasteiger partial charge in [-0.05, 0) is 17.7 Å². The number of amides is 1. The average molecular weight is 265 g/mol. The molecule has 1 amide bonds. The molecule has 18 heavy (non-hydrogen) atoms. The maximum atomic E-state index is 12.6. The minimum Gasteiger partial charge on any atom is -0.440 e. The van der Waals surface area contributed by atoms with Gasteiger partial charge < -0.3 is 9.64 Å². The Hall–Kier alpha value is -1.79. The van der Waals surface area contributed by atoms with E-state index >= 15 is 0 Å². The van der Waals surface area contributed by atoms with Crippen LogP contribution in [-0.2, 0) is 11.3 Å². The number of benzene rings is 1. The zero-order valence-electron chi connectivity index (χ0n) is 9.50. The molecule has 0 aliphatic carbocycles. The Balaban J connectivity index is 2.47. The molecular formula is C11H11F4NO2. The molecule has 0 heterocycles. The number of carbonyl (C=O) groups is 1. The molecular weight excluding hydrogens is 254 g/mol. The Kier molecular flexibility index (Phi) is 4.52. The number of ether oxygens (including phenoxy) is 1. The minimum absolute atomic E-state index is 0.0387. The second-order valence-electron chi connectivity index (χ2n) is 3.65. The third kappa shape index (κ3) is 5.03. The zero-order chi connectivity index (χ0) is 13.8. The quantitative estimate of drug-likeness (QED) is 0.786. The molecule has 0 unspecified atom stereocenters. The Morgan fingerprint density at radius 3 is 2.33 bits per heavy atom. The summed E-state index contributed by atoms with van der Waals surface area (Å²) in [6.07, 6.45) is -5.64. The van der Waals surface area contributed by atoms with E-state index in [9.17, 15) is 22.4 Å². The Bertz CT molecular complexity index is 402. The summed E-state index contributed by atoms with van der Waals surface area (Å²) in [7, 11) is 1.29. The van der Waals surface area contributed by atoms with Crippen molar-refractivity contribution in [1.82, 2.24) is 4.90 Å². The minimum atomic E-state index is -4.55. The zero-order valence-corrected chi connectivity index (χ0v) is 9.50. The smallest absolute Gasteiger partial charge is 0.422 e. The van der Waals surface area contributed by atoms with E-state index in [1.807, 2.05) is 0 Å². The largest absolute Gasteiger partial charge is 0.440 e. The van der Waals surface area contributed by atoms with Crippen LogP contribution in [-0.4, -0.2) is 30.8 Å². The van der Waals surface area contributed by atoms with Crippen LogP contribution in [0.1, 0.15) is 5.56 Å². The average Bonchev–Trinajstić information content (AvgIpc) is 2.28. The van der Waals surface area contributed by atoms with Crippen molar-refractivity contribution in [3.05, 3.63) is 35.6 Å². The summed E-state index contributed by atoms with van der Waals surface area (Å²) in [5.41, 5.74) is 0.586. The van der Waals surface area contributed by atoms with Gasteiger partial charge in [0.05, 0.1) is 0 Å². The van der Waals surface area contributed by atoms with Crippen molar-refractivity contribution < 1.29 is 27.1 Å². The molecule has 0 N–H and O–H groups in total. The highest BCUT2D eigenvalue weighted by Gasteiger charge is 2.30. The molecule has 100 valence electrons. The lowest BCUT2D eigenvalue weighted by atomic mass is 10.2. The van der Waals surface area contributed by atoms with E-state index in [2.05, 4.69) is 4.74 Å². The van der Waals surface area contributed by atoms with E-state index in [1.165, 1.54) is 31.3 Å². The van der Waals surface area contributed by atoms with E-state index in [1.54, 1.807) is 0 Å². The SMILES string of the molecule is CN(Cc1ccc(F)cc1)C(=O)OCC(F)(F)F. The number of hydrogen-bond donors (Lipinski definition) is 0. The molecule has 0 saturated carbocycles. The van der Waals surface area contributed by atoms with Crippen molar-refractivity contribution >= 4 is 6.09 Å². The molecule has 7 heteroatoms. The lowest BCUT2D eigenvalue weighted by molar-refractivity contribution is -0.162. The lowest BCUT2D eigenvalue weighted by Gasteiger charge is -2.17. The van der Waals surface area contributed by atoms with Gasteiger partial charge >= 0.3 is 12.3 Å². The number of alkyl halides is 3. The number of hydrogen-bond acceptors (Lipinski definition) is 2. The monoisotopic (exact) mass is 265 g/mol. The molecule has 0 fully saturated rings. The standard InChI is InChI=1S/C11H11F4NO2/c1-16(10(17)18-7-11(13,14)15)6-8-2-4-9(12)5-3-8/h2-5H,6-7H2,1H3. The van der Waals surface area contributed by atoms with Gasteiger partial charge in [0.25, 0.3) is 0 Å². The number of rotatable bonds is 3. The predicted octanol–water partition coefficient (Wildman–Crippen LogP) is 2.96. The van der Waals surface area contributed by atoms with Crippen molar-refractivity contribution in [2.24, 2.45) is 0 Å². The van der Waals surface area contributed by atoms with Crippen molar-refractivity contribution in [1.29, 1.82) is 0 Å². The van der Waals surface area contributed by atoms with Gasteiger partial charge in [-0.2, -0.15) is 13.2 Å². The molecule has 3 nitrogen and oxygen atoms in total. The normalized spacial score (nSPS) is 11.2. The Labute approximate surface area is 101 Å². The van der Waals surface area contributed by atoms with Crippen LogP contribution in [0.5, 0.6) is 0 Å². The van der Waals surface area contributed by atoms with Crippen molar-refractivity contribution in [3.63, 3.8) is 0 Å². The van der Waals surface area contributed by atoms with Crippen LogP contribution < -0.4 is 0 Å². The van der Waals surface area contributed by atoms with Gasteiger partial charge in [0.1, 0.15) is 5.82 Å². The van der Waals surface area contributed by atoms with Gasteiger partial charge in [-0.25, -0.2) is 9.18 Å². The van der Waals surface area contributed by atoms with Gasteiger partial charge in [0.2, 0.25) is 0 Å². The van der Waals surface area contributed by atoms with Crippen LogP contribution in [0.2, 0.25) is 0 Å². The van der Waals surface area contributed by atoms with Crippen LogP contribution in [0.3, 0.4) is 0 Å². The number of nitrogens with zero attached hydrogens (tertiary/aromatic N) is 1. The first-order valence-electron chi connectivity index (χ1n) is 4.97. The fourth-order valence-electron chi connectivity index (χ4n) is 1.18. The van der Waals surface area contributed by atoms with Crippen molar-refractivity contribution in [2.45, 2.75) is 12.7 Å². The summed E-state index contributed by atoms with van der Waals surface area (Å²) < 4.78 is 52.1. The summed E-state index contributed by atoms with van der Waals surface area (Å²) in [4.78, 5) is 12.2. The first-order chi connectivity index (χ1) is 8.28. The third-order valence-electron chi connectivity index (χ3n) is 2.00. The second-order valence-corrected chi connectivity index (χ2v) is 3.65. The number of halogens is 4. The van der Waals surface area contributed by atoms with E-state index in [-0.39, 0.29) is 6.54 Å². The summed E-state index contributed by atoms with van der Waals surface area (Å²) in [6.45, 7) is -1.59. The second kappa shape index (κ2) is 5.70. The van der Waals surface area contributed by atoms with Crippen molar-refractivity contribution in [2.75, 3.05) is 13.7 Å². The summed E-state index contributed by atoms with van der Waals surface area (Å²) in [6, 6.07) is 5.26. The molecule has 1 aromatic carbocycles. The summed E-state index contributed by atoms with van der Waals surface area (Å²) >= 11 is 0. The molecule has 0 aliphatic heterocycles. The fraction of sp³-hybridized carbons (Fsp3) is 0.364. The first kappa shape index (κ1) is 14.3. The summed E-state index contributed by atoms with van der Waals surface area (Å²) in [5, 5.41) is 0. The third-order valence-corrected chi connectivity index (χ3v) is 2.00. The maximum absolute atomic E-state index is 12.6. The van der Waals surface area contributed by atoms with Gasteiger partial charge in [-0.15, -0.1) is 0 Å². The Morgan fingerprint density at radius 2 is 1.83 bits per heavy atom. The highest BCUT2D eigenvalue weighted by atomic mass is 19.4. The van der Waals surface area contributed by atoms with Crippen LogP contribution in [0.15, 0.2) is 24.3 Å². The molecule has 0 aliphatic rings. The maximum Gasteiger partial charge on any atom is 0.422 e. The van der Waals surface area contributed by atoms with Crippen LogP contribution in [0, 0.1) is 5.82 Å². The van der Waals surface area contributed by atoms with E-state index in [0.717, 1.165) is 4.90 Å². The topological polar surface area (TPSA) is 29.5 Å². The van der Waals surface area contributed by atoms with Crippen LogP contribution in [0.4, 0.5) is 22.4 Å². The highest BCUT2D eigenvalue weighted by Crippen LogP contribution is 2.15. The summed E-state index contributed by atoms with van der Waals surface area (Å²) in [5.74, 6) is -0.430. The molecule has 0 bridgehead atoms. The van der Waals surface area contributed by atoms with E-state index in [4.69, 9.17) is 0 Å². The van der Waals surface area contributed by atoms with Crippen LogP contribution in [0.25, 0.3) is 0 Å². The van der Waals surface area contributed by atoms with E-state index in [0.29, 0.717) is 5.56 Å². The molecule has 1 rings (SSSR count). The predicted molar refractivity (Wildman–Crippen MR) is 55.3 cm³/mol. The fourth-order valence-corrected chi connectivity index (χ4v) is 1.18. The Morgan fingerprint density at radius 1 is 1.28 bits per heavy atom. The number of carbonyl (C=O) groups excluding carboxylic acids is 1. The highest BCUT2D eigenvalue weighted by molar-refractivity contribution is 5.67. The van der Waals surface area contributed by atoms with Gasteiger partial charge in [0.15, 0.2) is 6.61 Å². The first-order valence-corrected chi connectivity index (χ1v) is 4.97. The molecule has 0 spiro atoms. The molecule has 0 atom stereocenters.